The molecule has 0 radical (unpaired) electrons. The predicted molar refractivity (Wildman–Crippen MR) is 127 cm³/mol. The van der Waals surface area contributed by atoms with Crippen LogP contribution in [0.15, 0.2) is 78.0 Å². The van der Waals surface area contributed by atoms with Crippen molar-refractivity contribution in [3.63, 3.8) is 0 Å². The number of rotatable bonds is 6. The highest BCUT2D eigenvalue weighted by Gasteiger charge is 2.20. The maximum Gasteiger partial charge on any atom is 0.354 e. The molecule has 2 N–H and O–H groups in total. The Hall–Kier alpha value is -4.42. The Kier molecular flexibility index (Phi) is 6.43. The third kappa shape index (κ3) is 4.98. The van der Waals surface area contributed by atoms with Crippen molar-refractivity contribution in [3.05, 3.63) is 89.9 Å². The number of carbonyl (C=O) groups is 1. The van der Waals surface area contributed by atoms with E-state index in [-0.39, 0.29) is 16.3 Å². The molecule has 4 aromatic rings. The second-order valence-corrected chi connectivity index (χ2v) is 8.72. The van der Waals surface area contributed by atoms with Gasteiger partial charge in [-0.2, -0.15) is 0 Å². The molecule has 0 unspecified atom stereocenters. The first-order valence-corrected chi connectivity index (χ1v) is 11.7. The number of aromatic carboxylic acids is 1. The van der Waals surface area contributed by atoms with E-state index in [2.05, 4.69) is 26.5 Å². The molecule has 2 aromatic carbocycles. The van der Waals surface area contributed by atoms with Gasteiger partial charge in [0.05, 0.1) is 17.8 Å². The third-order valence-electron chi connectivity index (χ3n) is 4.76. The summed E-state index contributed by atoms with van der Waals surface area (Å²) in [5.74, 6) is 5.15. The summed E-state index contributed by atoms with van der Waals surface area (Å²) in [7, 11) is -4.01. The van der Waals surface area contributed by atoms with Crippen LogP contribution in [0.2, 0.25) is 0 Å². The van der Waals surface area contributed by atoms with Crippen molar-refractivity contribution in [1.29, 1.82) is 0 Å². The van der Waals surface area contributed by atoms with Gasteiger partial charge in [-0.15, -0.1) is 0 Å². The Morgan fingerprint density at radius 3 is 2.62 bits per heavy atom. The molecule has 2 aromatic heterocycles. The number of fused-ring (bicyclic) bond motifs is 1. The van der Waals surface area contributed by atoms with Gasteiger partial charge in [-0.3, -0.25) is 9.71 Å². The van der Waals surface area contributed by atoms with Gasteiger partial charge in [-0.1, -0.05) is 30.0 Å². The van der Waals surface area contributed by atoms with Gasteiger partial charge >= 0.3 is 5.97 Å². The molecular formula is C25H19N3O5S. The molecule has 2 heterocycles. The van der Waals surface area contributed by atoms with E-state index in [0.717, 1.165) is 0 Å². The zero-order valence-electron chi connectivity index (χ0n) is 18.0. The first kappa shape index (κ1) is 22.8. The molecule has 0 amide bonds. The Balaban J connectivity index is 1.73. The molecule has 8 nitrogen and oxygen atoms in total. The number of carboxylic acid groups (broad SMARTS) is 1. The summed E-state index contributed by atoms with van der Waals surface area (Å²) in [5.41, 5.74) is 1.38. The molecule has 0 saturated carbocycles. The minimum atomic E-state index is -4.01. The van der Waals surface area contributed by atoms with Gasteiger partial charge in [0.15, 0.2) is 0 Å². The highest BCUT2D eigenvalue weighted by atomic mass is 32.2. The predicted octanol–water partition coefficient (Wildman–Crippen LogP) is 3.93. The summed E-state index contributed by atoms with van der Waals surface area (Å²) in [5, 5.41) is 9.68. The van der Waals surface area contributed by atoms with Crippen molar-refractivity contribution in [2.24, 2.45) is 0 Å². The first-order valence-electron chi connectivity index (χ1n) is 10.2. The molecule has 0 aliphatic rings. The number of pyridine rings is 2. The summed E-state index contributed by atoms with van der Waals surface area (Å²) >= 11 is 0. The summed E-state index contributed by atoms with van der Waals surface area (Å²) in [6, 6.07) is 16.3. The summed E-state index contributed by atoms with van der Waals surface area (Å²) in [6.45, 7) is 2.24. The lowest BCUT2D eigenvalue weighted by Gasteiger charge is -2.13. The molecule has 4 rings (SSSR count). The summed E-state index contributed by atoms with van der Waals surface area (Å²) in [6.07, 6.45) is 2.88. The summed E-state index contributed by atoms with van der Waals surface area (Å²) < 4.78 is 34.8. The van der Waals surface area contributed by atoms with E-state index >= 15 is 0 Å². The lowest BCUT2D eigenvalue weighted by molar-refractivity contribution is 0.0690. The van der Waals surface area contributed by atoms with Crippen LogP contribution in [0.3, 0.4) is 0 Å². The van der Waals surface area contributed by atoms with Gasteiger partial charge < -0.3 is 9.84 Å². The molecule has 170 valence electrons. The smallest absolute Gasteiger partial charge is 0.354 e. The zero-order chi connectivity index (χ0) is 24.1. The second kappa shape index (κ2) is 9.60. The van der Waals surface area contributed by atoms with Crippen LogP contribution in [-0.2, 0) is 10.0 Å². The van der Waals surface area contributed by atoms with Crippen LogP contribution in [0.1, 0.15) is 28.5 Å². The lowest BCUT2D eigenvalue weighted by atomic mass is 10.1. The van der Waals surface area contributed by atoms with Crippen LogP contribution in [0.5, 0.6) is 5.75 Å². The molecular weight excluding hydrogens is 454 g/mol. The van der Waals surface area contributed by atoms with Crippen molar-refractivity contribution >= 4 is 32.6 Å². The molecule has 0 atom stereocenters. The van der Waals surface area contributed by atoms with E-state index in [9.17, 15) is 13.2 Å². The Morgan fingerprint density at radius 2 is 1.88 bits per heavy atom. The molecule has 0 bridgehead atoms. The van der Waals surface area contributed by atoms with Crippen LogP contribution in [0.4, 0.5) is 5.69 Å². The number of nitrogens with one attached hydrogen (secondary N) is 1. The van der Waals surface area contributed by atoms with Crippen molar-refractivity contribution in [2.45, 2.75) is 11.8 Å². The van der Waals surface area contributed by atoms with E-state index in [1.165, 1.54) is 30.6 Å². The molecule has 34 heavy (non-hydrogen) atoms. The lowest BCUT2D eigenvalue weighted by Crippen LogP contribution is -2.15. The van der Waals surface area contributed by atoms with E-state index < -0.39 is 16.0 Å². The first-order chi connectivity index (χ1) is 16.4. The highest BCUT2D eigenvalue weighted by molar-refractivity contribution is 7.93. The minimum Gasteiger partial charge on any atom is -0.494 e. The number of nitrogens with zero attached hydrogens (tertiary/aromatic N) is 2. The highest BCUT2D eigenvalue weighted by Crippen LogP contribution is 2.27. The Morgan fingerprint density at radius 1 is 1.06 bits per heavy atom. The van der Waals surface area contributed by atoms with Crippen LogP contribution in [0, 0.1) is 11.8 Å². The SMILES string of the molecule is CCOc1ccc(C#Cc2ccc(C(=O)O)nc2)c(NS(=O)(=O)c2cccc3cccnc23)c1. The number of para-hydroxylation sites is 1. The average Bonchev–Trinajstić information content (AvgIpc) is 2.83. The molecule has 0 spiro atoms. The van der Waals surface area contributed by atoms with Gasteiger partial charge in [0.2, 0.25) is 0 Å². The minimum absolute atomic E-state index is 0.0415. The van der Waals surface area contributed by atoms with Crippen molar-refractivity contribution in [1.82, 2.24) is 9.97 Å². The quantitative estimate of drug-likeness (QED) is 0.407. The second-order valence-electron chi connectivity index (χ2n) is 7.06. The van der Waals surface area contributed by atoms with E-state index in [4.69, 9.17) is 9.84 Å². The maximum atomic E-state index is 13.3. The van der Waals surface area contributed by atoms with Crippen LogP contribution in [-0.4, -0.2) is 36.1 Å². The molecule has 0 aliphatic heterocycles. The van der Waals surface area contributed by atoms with E-state index in [1.807, 2.05) is 6.92 Å². The third-order valence-corrected chi connectivity index (χ3v) is 6.15. The van der Waals surface area contributed by atoms with E-state index in [1.54, 1.807) is 42.5 Å². The number of carboxylic acids is 1. The van der Waals surface area contributed by atoms with E-state index in [0.29, 0.717) is 34.4 Å². The summed E-state index contributed by atoms with van der Waals surface area (Å²) in [4.78, 5) is 19.1. The molecule has 0 saturated heterocycles. The van der Waals surface area contributed by atoms with Crippen LogP contribution < -0.4 is 9.46 Å². The van der Waals surface area contributed by atoms with Gasteiger partial charge in [0.25, 0.3) is 10.0 Å². The fourth-order valence-corrected chi connectivity index (χ4v) is 4.45. The fourth-order valence-electron chi connectivity index (χ4n) is 3.20. The number of hydrogen-bond acceptors (Lipinski definition) is 6. The number of anilines is 1. The van der Waals surface area contributed by atoms with Gasteiger partial charge in [0, 0.05) is 35.0 Å². The van der Waals surface area contributed by atoms with Crippen molar-refractivity contribution < 1.29 is 23.1 Å². The largest absolute Gasteiger partial charge is 0.494 e. The standard InChI is InChI=1S/C25H19N3O5S/c1-2-33-20-12-11-18(10-8-17-9-13-21(25(29)30)27-16-17)22(15-20)28-34(31,32)23-7-3-5-19-6-4-14-26-24(19)23/h3-7,9,11-16,28H,2H2,1H3,(H,29,30). The number of aromatic nitrogens is 2. The van der Waals surface area contributed by atoms with Crippen molar-refractivity contribution in [3.8, 4) is 17.6 Å². The van der Waals surface area contributed by atoms with Gasteiger partial charge in [0.1, 0.15) is 16.3 Å². The average molecular weight is 474 g/mol. The number of hydrogen-bond donors (Lipinski definition) is 2. The van der Waals surface area contributed by atoms with Crippen LogP contribution >= 0.6 is 0 Å². The monoisotopic (exact) mass is 473 g/mol. The Labute approximate surface area is 196 Å². The van der Waals surface area contributed by atoms with Gasteiger partial charge in [-0.05, 0) is 43.3 Å². The van der Waals surface area contributed by atoms with Crippen molar-refractivity contribution in [2.75, 3.05) is 11.3 Å². The maximum absolute atomic E-state index is 13.3. The Bertz CT molecular complexity index is 1530. The normalized spacial score (nSPS) is 10.9. The number of benzene rings is 2. The number of sulfonamides is 1. The topological polar surface area (TPSA) is 118 Å². The molecule has 0 aliphatic carbocycles. The molecule has 0 fully saturated rings. The number of ether oxygens (including phenoxy) is 1. The zero-order valence-corrected chi connectivity index (χ0v) is 18.8. The van der Waals surface area contributed by atoms with Gasteiger partial charge in [-0.25, -0.2) is 18.2 Å². The van der Waals surface area contributed by atoms with Crippen LogP contribution in [0.25, 0.3) is 10.9 Å². The molecule has 9 heteroatoms. The fraction of sp³-hybridized carbons (Fsp3) is 0.0800.